The van der Waals surface area contributed by atoms with Crippen LogP contribution < -0.4 is 11.1 Å². The van der Waals surface area contributed by atoms with Crippen LogP contribution >= 0.6 is 24.8 Å². The van der Waals surface area contributed by atoms with E-state index in [-0.39, 0.29) is 42.7 Å². The molecule has 0 aliphatic heterocycles. The number of aromatic nitrogens is 1. The Hall–Kier alpha value is -2.15. The molecule has 0 aliphatic rings. The second kappa shape index (κ2) is 14.0. The van der Waals surface area contributed by atoms with E-state index in [1.165, 1.54) is 6.20 Å². The molecule has 0 saturated heterocycles. The molecule has 2 atom stereocenters. The Morgan fingerprint density at radius 3 is 2.33 bits per heavy atom. The number of nitrogens with two attached hydrogens (primary N) is 1. The van der Waals surface area contributed by atoms with Gasteiger partial charge in [0.1, 0.15) is 6.04 Å². The van der Waals surface area contributed by atoms with E-state index in [2.05, 4.69) is 24.1 Å². The second-order valence-corrected chi connectivity index (χ2v) is 7.41. The van der Waals surface area contributed by atoms with Gasteiger partial charge < -0.3 is 16.0 Å². The minimum atomic E-state index is -0.657. The van der Waals surface area contributed by atoms with Crippen LogP contribution in [-0.2, 0) is 11.2 Å². The predicted molar refractivity (Wildman–Crippen MR) is 125 cm³/mol. The number of benzene rings is 1. The average molecular weight is 455 g/mol. The number of carbonyl (C=O) groups is 2. The van der Waals surface area contributed by atoms with Crippen LogP contribution in [0.1, 0.15) is 36.2 Å². The minimum absolute atomic E-state index is 0. The fraction of sp³-hybridized carbons (Fsp3) is 0.409. The third-order valence-electron chi connectivity index (χ3n) is 4.84. The number of rotatable bonds is 9. The standard InChI is InChI=1S/C22H30N4O2.2ClH/c1-16(2)19(23)11-13-26(3)22(28)20(14-17-8-5-4-6-9-17)25-21(27)18-10-7-12-24-15-18;;/h4-10,12,15-16,19-20H,11,13-14,23H2,1-3H3,(H,25,27);2*1H. The van der Waals surface area contributed by atoms with Crippen LogP contribution in [0.2, 0.25) is 0 Å². The van der Waals surface area contributed by atoms with Crippen LogP contribution in [0.5, 0.6) is 0 Å². The summed E-state index contributed by atoms with van der Waals surface area (Å²) < 4.78 is 0. The van der Waals surface area contributed by atoms with E-state index < -0.39 is 6.04 Å². The van der Waals surface area contributed by atoms with Crippen LogP contribution in [0.3, 0.4) is 0 Å². The maximum absolute atomic E-state index is 13.1. The van der Waals surface area contributed by atoms with Crippen molar-refractivity contribution in [3.05, 3.63) is 66.0 Å². The lowest BCUT2D eigenvalue weighted by Crippen LogP contribution is -2.49. The number of pyridine rings is 1. The monoisotopic (exact) mass is 454 g/mol. The Labute approximate surface area is 191 Å². The molecule has 1 aromatic carbocycles. The molecule has 0 saturated carbocycles. The lowest BCUT2D eigenvalue weighted by atomic mass is 10.0. The van der Waals surface area contributed by atoms with Crippen molar-refractivity contribution < 1.29 is 9.59 Å². The van der Waals surface area contributed by atoms with Crippen LogP contribution in [0.25, 0.3) is 0 Å². The Bertz CT molecular complexity index is 760. The lowest BCUT2D eigenvalue weighted by molar-refractivity contribution is -0.132. The molecule has 1 aromatic heterocycles. The SMILES string of the molecule is CC(C)C(N)CCN(C)C(=O)C(Cc1ccccc1)NC(=O)c1cccnc1.Cl.Cl. The summed E-state index contributed by atoms with van der Waals surface area (Å²) in [7, 11) is 1.75. The van der Waals surface area contributed by atoms with Gasteiger partial charge >= 0.3 is 0 Å². The number of amides is 2. The Morgan fingerprint density at radius 1 is 1.10 bits per heavy atom. The van der Waals surface area contributed by atoms with E-state index in [4.69, 9.17) is 5.73 Å². The molecule has 30 heavy (non-hydrogen) atoms. The molecule has 166 valence electrons. The number of halogens is 2. The molecule has 2 rings (SSSR count). The summed E-state index contributed by atoms with van der Waals surface area (Å²) in [5.74, 6) is -0.0828. The largest absolute Gasteiger partial charge is 0.344 e. The van der Waals surface area contributed by atoms with Crippen LogP contribution in [0, 0.1) is 5.92 Å². The fourth-order valence-electron chi connectivity index (χ4n) is 2.84. The highest BCUT2D eigenvalue weighted by atomic mass is 35.5. The molecule has 2 amide bonds. The maximum Gasteiger partial charge on any atom is 0.253 e. The first-order valence-electron chi connectivity index (χ1n) is 9.64. The molecule has 8 heteroatoms. The summed E-state index contributed by atoms with van der Waals surface area (Å²) >= 11 is 0. The highest BCUT2D eigenvalue weighted by molar-refractivity contribution is 5.97. The minimum Gasteiger partial charge on any atom is -0.344 e. The van der Waals surface area contributed by atoms with Crippen LogP contribution in [-0.4, -0.2) is 47.4 Å². The van der Waals surface area contributed by atoms with Gasteiger partial charge in [-0.05, 0) is 30.0 Å². The van der Waals surface area contributed by atoms with Gasteiger partial charge in [0.15, 0.2) is 0 Å². The average Bonchev–Trinajstić information content (AvgIpc) is 2.71. The molecular formula is C22H32Cl2N4O2. The Balaban J connectivity index is 0.00000420. The van der Waals surface area contributed by atoms with Gasteiger partial charge in [-0.2, -0.15) is 0 Å². The Kier molecular flexibility index (Phi) is 13.0. The van der Waals surface area contributed by atoms with Crippen molar-refractivity contribution in [1.29, 1.82) is 0 Å². The molecule has 6 nitrogen and oxygen atoms in total. The molecule has 0 bridgehead atoms. The molecule has 0 spiro atoms. The van der Waals surface area contributed by atoms with Gasteiger partial charge in [0.2, 0.25) is 5.91 Å². The van der Waals surface area contributed by atoms with Gasteiger partial charge in [-0.1, -0.05) is 44.2 Å². The Morgan fingerprint density at radius 2 is 1.77 bits per heavy atom. The smallest absolute Gasteiger partial charge is 0.253 e. The van der Waals surface area contributed by atoms with Crippen molar-refractivity contribution in [2.75, 3.05) is 13.6 Å². The third kappa shape index (κ3) is 8.69. The van der Waals surface area contributed by atoms with E-state index in [0.29, 0.717) is 30.9 Å². The first kappa shape index (κ1) is 27.8. The van der Waals surface area contributed by atoms with Gasteiger partial charge in [-0.15, -0.1) is 24.8 Å². The van der Waals surface area contributed by atoms with E-state index in [1.54, 1.807) is 30.3 Å². The number of nitrogens with zero attached hydrogens (tertiary/aromatic N) is 2. The normalized spacial score (nSPS) is 12.2. The molecule has 1 heterocycles. The quantitative estimate of drug-likeness (QED) is 0.608. The lowest BCUT2D eigenvalue weighted by Gasteiger charge is -2.26. The van der Waals surface area contributed by atoms with Crippen molar-refractivity contribution in [3.63, 3.8) is 0 Å². The summed E-state index contributed by atoms with van der Waals surface area (Å²) in [5, 5.41) is 2.87. The summed E-state index contributed by atoms with van der Waals surface area (Å²) in [6.07, 6.45) is 4.24. The molecule has 3 N–H and O–H groups in total. The number of hydrogen-bond acceptors (Lipinski definition) is 4. The molecule has 2 aromatic rings. The number of carbonyl (C=O) groups excluding carboxylic acids is 2. The van der Waals surface area contributed by atoms with Gasteiger partial charge in [0, 0.05) is 38.4 Å². The fourth-order valence-corrected chi connectivity index (χ4v) is 2.84. The first-order chi connectivity index (χ1) is 13.4. The second-order valence-electron chi connectivity index (χ2n) is 7.41. The van der Waals surface area contributed by atoms with Gasteiger partial charge in [-0.3, -0.25) is 14.6 Å². The summed E-state index contributed by atoms with van der Waals surface area (Å²) in [6.45, 7) is 4.68. The van der Waals surface area contributed by atoms with Crippen molar-refractivity contribution >= 4 is 36.6 Å². The van der Waals surface area contributed by atoms with Crippen LogP contribution in [0.4, 0.5) is 0 Å². The summed E-state index contributed by atoms with van der Waals surface area (Å²) in [6, 6.07) is 12.4. The highest BCUT2D eigenvalue weighted by Gasteiger charge is 2.25. The van der Waals surface area contributed by atoms with Gasteiger partial charge in [0.05, 0.1) is 5.56 Å². The first-order valence-corrected chi connectivity index (χ1v) is 9.64. The van der Waals surface area contributed by atoms with E-state index >= 15 is 0 Å². The molecule has 0 radical (unpaired) electrons. The number of likely N-dealkylation sites (N-methyl/N-ethyl adjacent to an activating group) is 1. The molecule has 2 unspecified atom stereocenters. The van der Waals surface area contributed by atoms with Crippen molar-refractivity contribution in [2.45, 2.75) is 38.8 Å². The maximum atomic E-state index is 13.1. The third-order valence-corrected chi connectivity index (χ3v) is 4.84. The summed E-state index contributed by atoms with van der Waals surface area (Å²) in [4.78, 5) is 31.3. The molecular weight excluding hydrogens is 423 g/mol. The van der Waals surface area contributed by atoms with E-state index in [0.717, 1.165) is 5.56 Å². The zero-order valence-corrected chi connectivity index (χ0v) is 19.3. The van der Waals surface area contributed by atoms with Gasteiger partial charge in [-0.25, -0.2) is 0 Å². The van der Waals surface area contributed by atoms with Crippen molar-refractivity contribution in [1.82, 2.24) is 15.2 Å². The van der Waals surface area contributed by atoms with Crippen molar-refractivity contribution in [3.8, 4) is 0 Å². The topological polar surface area (TPSA) is 88.3 Å². The predicted octanol–water partition coefficient (Wildman–Crippen LogP) is 3.10. The van der Waals surface area contributed by atoms with Crippen LogP contribution in [0.15, 0.2) is 54.9 Å². The molecule has 0 aliphatic carbocycles. The zero-order chi connectivity index (χ0) is 20.5. The zero-order valence-electron chi connectivity index (χ0n) is 17.7. The summed E-state index contributed by atoms with van der Waals surface area (Å²) in [5.41, 5.74) is 7.52. The number of nitrogens with one attached hydrogen (secondary N) is 1. The molecule has 0 fully saturated rings. The van der Waals surface area contributed by atoms with E-state index in [9.17, 15) is 9.59 Å². The highest BCUT2D eigenvalue weighted by Crippen LogP contribution is 2.09. The van der Waals surface area contributed by atoms with Gasteiger partial charge in [0.25, 0.3) is 5.91 Å². The number of hydrogen-bond donors (Lipinski definition) is 2. The van der Waals surface area contributed by atoms with Crippen molar-refractivity contribution in [2.24, 2.45) is 11.7 Å². The van der Waals surface area contributed by atoms with E-state index in [1.807, 2.05) is 30.3 Å².